The lowest BCUT2D eigenvalue weighted by atomic mass is 10.1. The molecule has 0 amide bonds. The standard InChI is InChI=1S/C15H24N4/c1-2-4-7-14(6-3-1)18-10-12-19(13-11-18)15-16-8-5-9-17-15/h5,8-9,14H,1-4,6-7,10-13H2/p+1. The molecule has 104 valence electrons. The number of hydrogen-bond donors (Lipinski definition) is 1. The number of aromatic nitrogens is 2. The molecule has 1 aromatic rings. The van der Waals surface area contributed by atoms with Gasteiger partial charge < -0.3 is 9.80 Å². The highest BCUT2D eigenvalue weighted by Crippen LogP contribution is 2.16. The predicted molar refractivity (Wildman–Crippen MR) is 76.4 cm³/mol. The number of quaternary nitrogens is 1. The molecule has 1 aromatic heterocycles. The van der Waals surface area contributed by atoms with Crippen LogP contribution in [0.25, 0.3) is 0 Å². The molecule has 2 aliphatic rings. The molecule has 0 aromatic carbocycles. The third kappa shape index (κ3) is 3.24. The second-order valence-corrected chi connectivity index (χ2v) is 5.88. The molecule has 0 atom stereocenters. The summed E-state index contributed by atoms with van der Waals surface area (Å²) in [5.41, 5.74) is 0. The van der Waals surface area contributed by atoms with Crippen LogP contribution in [0.4, 0.5) is 5.95 Å². The van der Waals surface area contributed by atoms with E-state index in [9.17, 15) is 0 Å². The summed E-state index contributed by atoms with van der Waals surface area (Å²) >= 11 is 0. The Bertz CT molecular complexity index is 365. The number of piperazine rings is 1. The van der Waals surface area contributed by atoms with Crippen molar-refractivity contribution in [2.45, 2.75) is 44.6 Å². The van der Waals surface area contributed by atoms with Gasteiger partial charge in [-0.25, -0.2) is 9.97 Å². The van der Waals surface area contributed by atoms with E-state index in [4.69, 9.17) is 0 Å². The van der Waals surface area contributed by atoms with Gasteiger partial charge in [0.05, 0.1) is 32.2 Å². The first-order valence-corrected chi connectivity index (χ1v) is 7.80. The lowest BCUT2D eigenvalue weighted by molar-refractivity contribution is -0.926. The third-order valence-corrected chi connectivity index (χ3v) is 4.67. The Morgan fingerprint density at radius 3 is 2.21 bits per heavy atom. The van der Waals surface area contributed by atoms with Gasteiger partial charge in [0.25, 0.3) is 0 Å². The fourth-order valence-corrected chi connectivity index (χ4v) is 3.54. The second-order valence-electron chi connectivity index (χ2n) is 5.88. The first-order chi connectivity index (χ1) is 9.43. The summed E-state index contributed by atoms with van der Waals surface area (Å²) < 4.78 is 0. The van der Waals surface area contributed by atoms with Gasteiger partial charge in [-0.2, -0.15) is 0 Å². The molecule has 2 fully saturated rings. The van der Waals surface area contributed by atoms with Gasteiger partial charge >= 0.3 is 0 Å². The van der Waals surface area contributed by atoms with Crippen molar-refractivity contribution in [2.75, 3.05) is 31.1 Å². The number of anilines is 1. The molecule has 4 heteroatoms. The maximum atomic E-state index is 4.36. The Balaban J connectivity index is 1.54. The van der Waals surface area contributed by atoms with E-state index >= 15 is 0 Å². The van der Waals surface area contributed by atoms with E-state index in [0.29, 0.717) is 0 Å². The van der Waals surface area contributed by atoms with Crippen molar-refractivity contribution in [3.63, 3.8) is 0 Å². The fourth-order valence-electron chi connectivity index (χ4n) is 3.54. The Labute approximate surface area is 115 Å². The van der Waals surface area contributed by atoms with Crippen LogP contribution in [0.2, 0.25) is 0 Å². The van der Waals surface area contributed by atoms with Crippen LogP contribution >= 0.6 is 0 Å². The van der Waals surface area contributed by atoms with Crippen LogP contribution in [0.1, 0.15) is 38.5 Å². The Morgan fingerprint density at radius 2 is 1.58 bits per heavy atom. The molecule has 1 saturated heterocycles. The largest absolute Gasteiger partial charge is 0.330 e. The molecule has 1 saturated carbocycles. The van der Waals surface area contributed by atoms with Crippen molar-refractivity contribution in [1.29, 1.82) is 0 Å². The highest BCUT2D eigenvalue weighted by atomic mass is 15.3. The lowest BCUT2D eigenvalue weighted by Crippen LogP contribution is -3.18. The number of nitrogens with zero attached hydrogens (tertiary/aromatic N) is 3. The molecule has 1 aliphatic carbocycles. The van der Waals surface area contributed by atoms with Gasteiger partial charge in [0.15, 0.2) is 0 Å². The summed E-state index contributed by atoms with van der Waals surface area (Å²) in [6.07, 6.45) is 12.4. The molecule has 19 heavy (non-hydrogen) atoms. The van der Waals surface area contributed by atoms with Gasteiger partial charge in [0.2, 0.25) is 5.95 Å². The molecule has 1 aliphatic heterocycles. The first-order valence-electron chi connectivity index (χ1n) is 7.80. The van der Waals surface area contributed by atoms with Crippen molar-refractivity contribution in [2.24, 2.45) is 0 Å². The van der Waals surface area contributed by atoms with Crippen LogP contribution in [0.3, 0.4) is 0 Å². The highest BCUT2D eigenvalue weighted by Gasteiger charge is 2.28. The molecule has 1 N–H and O–H groups in total. The van der Waals surface area contributed by atoms with Crippen molar-refractivity contribution in [3.8, 4) is 0 Å². The molecule has 2 heterocycles. The van der Waals surface area contributed by atoms with Crippen LogP contribution in [0, 0.1) is 0 Å². The van der Waals surface area contributed by atoms with Crippen LogP contribution < -0.4 is 9.80 Å². The number of hydrogen-bond acceptors (Lipinski definition) is 3. The van der Waals surface area contributed by atoms with E-state index in [2.05, 4.69) is 14.9 Å². The monoisotopic (exact) mass is 261 g/mol. The SMILES string of the molecule is c1cnc(N2CC[NH+](C3CCCCCC3)CC2)nc1. The zero-order chi connectivity index (χ0) is 12.9. The summed E-state index contributed by atoms with van der Waals surface area (Å²) in [5.74, 6) is 0.905. The van der Waals surface area contributed by atoms with Crippen molar-refractivity contribution < 1.29 is 4.90 Å². The van der Waals surface area contributed by atoms with E-state index in [1.54, 1.807) is 0 Å². The topological polar surface area (TPSA) is 33.5 Å². The van der Waals surface area contributed by atoms with Gasteiger partial charge in [-0.15, -0.1) is 0 Å². The van der Waals surface area contributed by atoms with Crippen LogP contribution in [-0.2, 0) is 0 Å². The quantitative estimate of drug-likeness (QED) is 0.803. The van der Waals surface area contributed by atoms with Crippen molar-refractivity contribution in [3.05, 3.63) is 18.5 Å². The van der Waals surface area contributed by atoms with E-state index < -0.39 is 0 Å². The van der Waals surface area contributed by atoms with E-state index in [1.807, 2.05) is 23.4 Å². The second kappa shape index (κ2) is 6.33. The minimum absolute atomic E-state index is 0.905. The maximum absolute atomic E-state index is 4.36. The minimum atomic E-state index is 0.905. The summed E-state index contributed by atoms with van der Waals surface area (Å²) in [5, 5.41) is 0. The normalized spacial score (nSPS) is 23.3. The van der Waals surface area contributed by atoms with Gasteiger partial charge in [-0.05, 0) is 31.7 Å². The van der Waals surface area contributed by atoms with Crippen molar-refractivity contribution >= 4 is 5.95 Å². The number of nitrogens with one attached hydrogen (secondary N) is 1. The maximum Gasteiger partial charge on any atom is 0.225 e. The summed E-state index contributed by atoms with van der Waals surface area (Å²) in [6, 6.07) is 2.80. The average Bonchev–Trinajstić information content (AvgIpc) is 2.77. The van der Waals surface area contributed by atoms with Gasteiger partial charge in [0.1, 0.15) is 0 Å². The van der Waals surface area contributed by atoms with E-state index in [-0.39, 0.29) is 0 Å². The lowest BCUT2D eigenvalue weighted by Gasteiger charge is -2.36. The third-order valence-electron chi connectivity index (χ3n) is 4.67. The highest BCUT2D eigenvalue weighted by molar-refractivity contribution is 5.28. The Morgan fingerprint density at radius 1 is 0.947 bits per heavy atom. The molecule has 0 unspecified atom stereocenters. The number of rotatable bonds is 2. The molecule has 0 spiro atoms. The van der Waals surface area contributed by atoms with E-state index in [1.165, 1.54) is 51.6 Å². The van der Waals surface area contributed by atoms with Gasteiger partial charge in [-0.1, -0.05) is 12.8 Å². The molecule has 0 bridgehead atoms. The minimum Gasteiger partial charge on any atom is -0.330 e. The first kappa shape index (κ1) is 12.9. The Hall–Kier alpha value is -1.16. The fraction of sp³-hybridized carbons (Fsp3) is 0.733. The van der Waals surface area contributed by atoms with E-state index in [0.717, 1.165) is 25.1 Å². The predicted octanol–water partition coefficient (Wildman–Crippen LogP) is 0.904. The molecule has 0 radical (unpaired) electrons. The van der Waals surface area contributed by atoms with Crippen LogP contribution in [0.5, 0.6) is 0 Å². The van der Waals surface area contributed by atoms with Crippen LogP contribution in [0.15, 0.2) is 18.5 Å². The van der Waals surface area contributed by atoms with Crippen molar-refractivity contribution in [1.82, 2.24) is 9.97 Å². The smallest absolute Gasteiger partial charge is 0.225 e. The summed E-state index contributed by atoms with van der Waals surface area (Å²) in [4.78, 5) is 12.9. The average molecular weight is 261 g/mol. The summed E-state index contributed by atoms with van der Waals surface area (Å²) in [7, 11) is 0. The van der Waals surface area contributed by atoms with Crippen LogP contribution in [-0.4, -0.2) is 42.2 Å². The summed E-state index contributed by atoms with van der Waals surface area (Å²) in [6.45, 7) is 4.72. The molecule has 3 rings (SSSR count). The molecular weight excluding hydrogens is 236 g/mol. The zero-order valence-electron chi connectivity index (χ0n) is 11.7. The molecule has 4 nitrogen and oxygen atoms in total. The molecular formula is C15H25N4+. The van der Waals surface area contributed by atoms with Gasteiger partial charge in [-0.3, -0.25) is 0 Å². The zero-order valence-corrected chi connectivity index (χ0v) is 11.7. The Kier molecular flexibility index (Phi) is 4.28. The van der Waals surface area contributed by atoms with Gasteiger partial charge in [0, 0.05) is 12.4 Å².